The number of halogens is 2. The van der Waals surface area contributed by atoms with Gasteiger partial charge >= 0.3 is 0 Å². The topological polar surface area (TPSA) is 0 Å². The molecule has 0 amide bonds. The molecule has 1 atom stereocenters. The minimum atomic E-state index is -1.29. The Morgan fingerprint density at radius 1 is 1.62 bits per heavy atom. The maximum atomic E-state index is 12.6. The lowest BCUT2D eigenvalue weighted by Gasteiger charge is -2.07. The van der Waals surface area contributed by atoms with E-state index in [0.29, 0.717) is 6.42 Å². The van der Waals surface area contributed by atoms with E-state index in [2.05, 4.69) is 13.2 Å². The van der Waals surface area contributed by atoms with Gasteiger partial charge in [0.2, 0.25) is 0 Å². The van der Waals surface area contributed by atoms with Crippen LogP contribution >= 0.6 is 22.6 Å². The third-order valence-electron chi connectivity index (χ3n) is 0.715. The quantitative estimate of drug-likeness (QED) is 0.394. The number of allylic oxidation sites excluding steroid dienone is 2. The van der Waals surface area contributed by atoms with Gasteiger partial charge in [0.15, 0.2) is 3.68 Å². The zero-order valence-electron chi connectivity index (χ0n) is 4.53. The van der Waals surface area contributed by atoms with Crippen molar-refractivity contribution in [1.82, 2.24) is 0 Å². The van der Waals surface area contributed by atoms with Gasteiger partial charge in [0.1, 0.15) is 0 Å². The van der Waals surface area contributed by atoms with Crippen molar-refractivity contribution in [2.45, 2.75) is 10.1 Å². The zero-order chi connectivity index (χ0) is 6.62. The highest BCUT2D eigenvalue weighted by Crippen LogP contribution is 2.25. The molecule has 0 N–H and O–H groups in total. The maximum Gasteiger partial charge on any atom is 0.182 e. The van der Waals surface area contributed by atoms with Crippen LogP contribution in [0.5, 0.6) is 0 Å². The van der Waals surface area contributed by atoms with Gasteiger partial charge in [-0.2, -0.15) is 0 Å². The summed E-state index contributed by atoms with van der Waals surface area (Å²) in [4.78, 5) is 0. The lowest BCUT2D eigenvalue weighted by molar-refractivity contribution is 0.383. The van der Waals surface area contributed by atoms with E-state index in [0.717, 1.165) is 0 Å². The van der Waals surface area contributed by atoms with Crippen molar-refractivity contribution in [2.24, 2.45) is 0 Å². The summed E-state index contributed by atoms with van der Waals surface area (Å²) in [5.41, 5.74) is 0. The molecule has 2 heteroatoms. The molecule has 0 aromatic heterocycles. The van der Waals surface area contributed by atoms with E-state index < -0.39 is 3.68 Å². The van der Waals surface area contributed by atoms with Crippen LogP contribution < -0.4 is 0 Å². The number of hydrogen-bond acceptors (Lipinski definition) is 0. The first-order valence-corrected chi connectivity index (χ1v) is 3.32. The van der Waals surface area contributed by atoms with Gasteiger partial charge in [-0.15, -0.1) is 6.58 Å². The first kappa shape index (κ1) is 8.14. The number of rotatable bonds is 3. The van der Waals surface area contributed by atoms with Gasteiger partial charge in [-0.3, -0.25) is 0 Å². The largest absolute Gasteiger partial charge is 0.227 e. The zero-order valence-corrected chi connectivity index (χ0v) is 6.69. The first-order chi connectivity index (χ1) is 3.62. The molecule has 0 nitrogen and oxygen atoms in total. The Labute approximate surface area is 62.6 Å². The average molecular weight is 226 g/mol. The fourth-order valence-electron chi connectivity index (χ4n) is 0.276. The number of alkyl halides is 2. The van der Waals surface area contributed by atoms with E-state index in [9.17, 15) is 4.39 Å². The van der Waals surface area contributed by atoms with Crippen molar-refractivity contribution in [3.63, 3.8) is 0 Å². The van der Waals surface area contributed by atoms with Crippen molar-refractivity contribution in [3.8, 4) is 0 Å². The fourth-order valence-corrected chi connectivity index (χ4v) is 0.587. The van der Waals surface area contributed by atoms with E-state index in [4.69, 9.17) is 0 Å². The van der Waals surface area contributed by atoms with E-state index in [1.54, 1.807) is 22.6 Å². The molecule has 0 saturated heterocycles. The summed E-state index contributed by atoms with van der Waals surface area (Å²) in [5.74, 6) is 0. The van der Waals surface area contributed by atoms with Gasteiger partial charge in [0.25, 0.3) is 0 Å². The van der Waals surface area contributed by atoms with Crippen molar-refractivity contribution in [1.29, 1.82) is 0 Å². The van der Waals surface area contributed by atoms with E-state index >= 15 is 0 Å². The highest BCUT2D eigenvalue weighted by atomic mass is 127. The van der Waals surface area contributed by atoms with Crippen molar-refractivity contribution in [3.05, 3.63) is 25.3 Å². The summed E-state index contributed by atoms with van der Waals surface area (Å²) >= 11 is 1.68. The fraction of sp³-hybridized carbons (Fsp3) is 0.333. The Morgan fingerprint density at radius 2 is 2.12 bits per heavy atom. The lowest BCUT2D eigenvalue weighted by atomic mass is 10.3. The highest BCUT2D eigenvalue weighted by molar-refractivity contribution is 14.1. The smallest absolute Gasteiger partial charge is 0.182 e. The minimum absolute atomic E-state index is 0.330. The summed E-state index contributed by atoms with van der Waals surface area (Å²) in [6.45, 7) is 6.72. The van der Waals surface area contributed by atoms with Gasteiger partial charge in [-0.05, 0) is 28.7 Å². The van der Waals surface area contributed by atoms with Crippen LogP contribution in [-0.2, 0) is 0 Å². The Kier molecular flexibility index (Phi) is 3.28. The molecule has 0 rings (SSSR count). The molecule has 0 fully saturated rings. The summed E-state index contributed by atoms with van der Waals surface area (Å²) in [6, 6.07) is 0. The van der Waals surface area contributed by atoms with Crippen LogP contribution in [0.3, 0.4) is 0 Å². The van der Waals surface area contributed by atoms with E-state index in [-0.39, 0.29) is 0 Å². The highest BCUT2D eigenvalue weighted by Gasteiger charge is 2.17. The van der Waals surface area contributed by atoms with E-state index in [1.807, 2.05) is 0 Å². The van der Waals surface area contributed by atoms with Crippen LogP contribution in [0.25, 0.3) is 0 Å². The van der Waals surface area contributed by atoms with Gasteiger partial charge in [0, 0.05) is 6.42 Å². The second-order valence-electron chi connectivity index (χ2n) is 1.46. The molecule has 46 valence electrons. The predicted molar refractivity (Wildman–Crippen MR) is 42.9 cm³/mol. The van der Waals surface area contributed by atoms with Crippen molar-refractivity contribution in [2.75, 3.05) is 0 Å². The van der Waals surface area contributed by atoms with Crippen molar-refractivity contribution >= 4 is 22.6 Å². The third kappa shape index (κ3) is 3.18. The van der Waals surface area contributed by atoms with Crippen LogP contribution in [0.2, 0.25) is 0 Å². The van der Waals surface area contributed by atoms with E-state index in [1.165, 1.54) is 12.2 Å². The van der Waals surface area contributed by atoms with Crippen LogP contribution in [0.15, 0.2) is 25.3 Å². The Balaban J connectivity index is 3.70. The summed E-state index contributed by atoms with van der Waals surface area (Å²) in [5, 5.41) is 0. The van der Waals surface area contributed by atoms with Gasteiger partial charge in [-0.25, -0.2) is 4.39 Å². The van der Waals surface area contributed by atoms with Crippen LogP contribution in [-0.4, -0.2) is 3.68 Å². The first-order valence-electron chi connectivity index (χ1n) is 2.24. The lowest BCUT2D eigenvalue weighted by Crippen LogP contribution is -2.05. The van der Waals surface area contributed by atoms with Crippen LogP contribution in [0.1, 0.15) is 6.42 Å². The maximum absolute atomic E-state index is 12.6. The van der Waals surface area contributed by atoms with Gasteiger partial charge in [0.05, 0.1) is 0 Å². The van der Waals surface area contributed by atoms with Gasteiger partial charge < -0.3 is 0 Å². The van der Waals surface area contributed by atoms with Crippen LogP contribution in [0.4, 0.5) is 4.39 Å². The average Bonchev–Trinajstić information content (AvgIpc) is 1.67. The standard InChI is InChI=1S/C6H8FI/c1-3-5-6(7,8)4-2/h3-4H,1-2,5H2. The monoisotopic (exact) mass is 226 g/mol. The molecule has 8 heavy (non-hydrogen) atoms. The molecule has 0 spiro atoms. The summed E-state index contributed by atoms with van der Waals surface area (Å²) < 4.78 is 11.3. The molecular formula is C6H8FI. The normalized spacial score (nSPS) is 16.8. The second-order valence-corrected chi connectivity index (χ2v) is 3.25. The summed E-state index contributed by atoms with van der Waals surface area (Å²) in [7, 11) is 0. The molecule has 0 aliphatic heterocycles. The van der Waals surface area contributed by atoms with Crippen molar-refractivity contribution < 1.29 is 4.39 Å². The van der Waals surface area contributed by atoms with Crippen LogP contribution in [0, 0.1) is 0 Å². The molecule has 0 aliphatic rings. The molecule has 0 aromatic carbocycles. The molecule has 0 saturated carbocycles. The molecular weight excluding hydrogens is 218 g/mol. The molecule has 0 heterocycles. The molecule has 0 aliphatic carbocycles. The van der Waals surface area contributed by atoms with Gasteiger partial charge in [-0.1, -0.05) is 12.7 Å². The molecule has 0 bridgehead atoms. The summed E-state index contributed by atoms with van der Waals surface area (Å²) in [6.07, 6.45) is 3.14. The minimum Gasteiger partial charge on any atom is -0.227 e. The Bertz CT molecular complexity index is 96.7. The molecule has 0 radical (unpaired) electrons. The Morgan fingerprint density at radius 3 is 2.25 bits per heavy atom. The predicted octanol–water partition coefficient (Wildman–Crippen LogP) is 2.85. The molecule has 0 aromatic rings. The SMILES string of the molecule is C=CCC(F)(I)C=C. The Hall–Kier alpha value is 0.140. The third-order valence-corrected chi connectivity index (χ3v) is 1.60. The second kappa shape index (κ2) is 3.22. The number of hydrogen-bond donors (Lipinski definition) is 0. The molecule has 1 unspecified atom stereocenters.